The summed E-state index contributed by atoms with van der Waals surface area (Å²) in [5, 5.41) is 6.16. The van der Waals surface area contributed by atoms with Crippen molar-refractivity contribution in [1.82, 2.24) is 10.1 Å². The fraction of sp³-hybridized carbons (Fsp3) is 0.500. The van der Waals surface area contributed by atoms with E-state index in [1.807, 2.05) is 0 Å². The fourth-order valence-corrected chi connectivity index (χ4v) is 1.52. The van der Waals surface area contributed by atoms with E-state index < -0.39 is 6.09 Å². The summed E-state index contributed by atoms with van der Waals surface area (Å²) < 4.78 is 9.63. The van der Waals surface area contributed by atoms with Gasteiger partial charge in [-0.25, -0.2) is 4.79 Å². The summed E-state index contributed by atoms with van der Waals surface area (Å²) in [5.74, 6) is 0.632. The monoisotopic (exact) mass is 239 g/mol. The summed E-state index contributed by atoms with van der Waals surface area (Å²) in [6.07, 6.45) is 0.282. The standard InChI is InChI=1S/C10H13N3O4/c1-7-5-8(12-17-7)11-9(14)6-13-3-2-4-16-10(13)15/h5H,2-4,6H2,1H3,(H,11,12,14). The smallest absolute Gasteiger partial charge is 0.410 e. The second-order valence-electron chi connectivity index (χ2n) is 3.76. The zero-order chi connectivity index (χ0) is 12.3. The van der Waals surface area contributed by atoms with Crippen molar-refractivity contribution in [2.45, 2.75) is 13.3 Å². The van der Waals surface area contributed by atoms with Gasteiger partial charge in [0.1, 0.15) is 12.3 Å². The lowest BCUT2D eigenvalue weighted by Gasteiger charge is -2.25. The minimum absolute atomic E-state index is 0.0370. The Morgan fingerprint density at radius 3 is 3.12 bits per heavy atom. The average Bonchev–Trinajstić information content (AvgIpc) is 2.67. The predicted molar refractivity (Wildman–Crippen MR) is 57.4 cm³/mol. The molecule has 0 aromatic carbocycles. The number of aryl methyl sites for hydroxylation is 1. The molecule has 1 fully saturated rings. The lowest BCUT2D eigenvalue weighted by atomic mass is 10.3. The molecular weight excluding hydrogens is 226 g/mol. The zero-order valence-corrected chi connectivity index (χ0v) is 9.43. The van der Waals surface area contributed by atoms with Gasteiger partial charge in [-0.2, -0.15) is 0 Å². The largest absolute Gasteiger partial charge is 0.449 e. The van der Waals surface area contributed by atoms with E-state index in [0.29, 0.717) is 24.7 Å². The van der Waals surface area contributed by atoms with Crippen LogP contribution in [-0.2, 0) is 9.53 Å². The summed E-state index contributed by atoms with van der Waals surface area (Å²) in [7, 11) is 0. The molecule has 0 radical (unpaired) electrons. The predicted octanol–water partition coefficient (Wildman–Crippen LogP) is 0.764. The van der Waals surface area contributed by atoms with Crippen LogP contribution in [0.3, 0.4) is 0 Å². The Bertz CT molecular complexity index is 429. The Morgan fingerprint density at radius 2 is 2.47 bits per heavy atom. The molecule has 1 aliphatic heterocycles. The molecule has 0 saturated carbocycles. The summed E-state index contributed by atoms with van der Waals surface area (Å²) >= 11 is 0. The van der Waals surface area contributed by atoms with Crippen molar-refractivity contribution in [2.24, 2.45) is 0 Å². The molecule has 0 spiro atoms. The van der Waals surface area contributed by atoms with Crippen LogP contribution in [0.5, 0.6) is 0 Å². The topological polar surface area (TPSA) is 84.7 Å². The third kappa shape index (κ3) is 2.96. The van der Waals surface area contributed by atoms with Crippen molar-refractivity contribution >= 4 is 17.8 Å². The third-order valence-corrected chi connectivity index (χ3v) is 2.29. The number of nitrogens with zero attached hydrogens (tertiary/aromatic N) is 2. The van der Waals surface area contributed by atoms with E-state index in [0.717, 1.165) is 6.42 Å². The third-order valence-electron chi connectivity index (χ3n) is 2.29. The lowest BCUT2D eigenvalue weighted by molar-refractivity contribution is -0.117. The van der Waals surface area contributed by atoms with Crippen LogP contribution in [0.25, 0.3) is 0 Å². The van der Waals surface area contributed by atoms with E-state index in [4.69, 9.17) is 9.26 Å². The number of carbonyl (C=O) groups excluding carboxylic acids is 2. The van der Waals surface area contributed by atoms with Crippen LogP contribution < -0.4 is 5.32 Å². The summed E-state index contributed by atoms with van der Waals surface area (Å²) in [5.41, 5.74) is 0. The number of cyclic esters (lactones) is 1. The first-order chi connectivity index (χ1) is 8.15. The Kier molecular flexibility index (Phi) is 3.27. The van der Waals surface area contributed by atoms with Crippen molar-refractivity contribution in [3.63, 3.8) is 0 Å². The number of hydrogen-bond donors (Lipinski definition) is 1. The first-order valence-electron chi connectivity index (χ1n) is 5.30. The number of aromatic nitrogens is 1. The number of ether oxygens (including phenoxy) is 1. The molecule has 7 nitrogen and oxygen atoms in total. The van der Waals surface area contributed by atoms with Gasteiger partial charge in [0.05, 0.1) is 6.61 Å². The summed E-state index contributed by atoms with van der Waals surface area (Å²) in [6.45, 7) is 2.64. The van der Waals surface area contributed by atoms with E-state index in [1.54, 1.807) is 13.0 Å². The van der Waals surface area contributed by atoms with E-state index >= 15 is 0 Å². The van der Waals surface area contributed by atoms with Gasteiger partial charge in [-0.1, -0.05) is 5.16 Å². The molecule has 2 heterocycles. The molecule has 2 amide bonds. The molecule has 92 valence electrons. The quantitative estimate of drug-likeness (QED) is 0.841. The molecule has 0 bridgehead atoms. The molecule has 0 unspecified atom stereocenters. The van der Waals surface area contributed by atoms with Gasteiger partial charge < -0.3 is 14.6 Å². The van der Waals surface area contributed by atoms with Crippen LogP contribution in [0.4, 0.5) is 10.6 Å². The van der Waals surface area contributed by atoms with Crippen molar-refractivity contribution < 1.29 is 18.8 Å². The summed E-state index contributed by atoms with van der Waals surface area (Å²) in [4.78, 5) is 24.2. The molecule has 1 aromatic rings. The van der Waals surface area contributed by atoms with Crippen LogP contribution in [0, 0.1) is 6.92 Å². The SMILES string of the molecule is Cc1cc(NC(=O)CN2CCCOC2=O)no1. The minimum atomic E-state index is -0.456. The van der Waals surface area contributed by atoms with Crippen molar-refractivity contribution in [2.75, 3.05) is 25.0 Å². The van der Waals surface area contributed by atoms with Gasteiger partial charge in [-0.05, 0) is 13.3 Å². The van der Waals surface area contributed by atoms with Gasteiger partial charge in [0.2, 0.25) is 5.91 Å². The number of anilines is 1. The Morgan fingerprint density at radius 1 is 1.65 bits per heavy atom. The average molecular weight is 239 g/mol. The molecule has 0 atom stereocenters. The number of carbonyl (C=O) groups is 2. The van der Waals surface area contributed by atoms with Gasteiger partial charge in [0.25, 0.3) is 0 Å². The molecular formula is C10H13N3O4. The number of amides is 2. The maximum absolute atomic E-state index is 11.6. The highest BCUT2D eigenvalue weighted by Crippen LogP contribution is 2.08. The highest BCUT2D eigenvalue weighted by Gasteiger charge is 2.22. The second-order valence-corrected chi connectivity index (χ2v) is 3.76. The highest BCUT2D eigenvalue weighted by molar-refractivity contribution is 5.93. The van der Waals surface area contributed by atoms with Gasteiger partial charge in [-0.15, -0.1) is 0 Å². The van der Waals surface area contributed by atoms with Gasteiger partial charge in [0.15, 0.2) is 5.82 Å². The molecule has 7 heteroatoms. The van der Waals surface area contributed by atoms with Gasteiger partial charge >= 0.3 is 6.09 Å². The fourth-order valence-electron chi connectivity index (χ4n) is 1.52. The van der Waals surface area contributed by atoms with Crippen molar-refractivity contribution in [3.8, 4) is 0 Å². The van der Waals surface area contributed by atoms with E-state index in [2.05, 4.69) is 10.5 Å². The Balaban J connectivity index is 1.86. The van der Waals surface area contributed by atoms with Crippen LogP contribution in [0.15, 0.2) is 10.6 Å². The van der Waals surface area contributed by atoms with Gasteiger partial charge in [0, 0.05) is 12.6 Å². The molecule has 1 aliphatic rings. The highest BCUT2D eigenvalue weighted by atomic mass is 16.6. The maximum atomic E-state index is 11.6. The number of nitrogens with one attached hydrogen (secondary N) is 1. The van der Waals surface area contributed by atoms with Crippen LogP contribution in [0.2, 0.25) is 0 Å². The first kappa shape index (κ1) is 11.4. The molecule has 1 N–H and O–H groups in total. The molecule has 1 saturated heterocycles. The van der Waals surface area contributed by atoms with Crippen LogP contribution in [0.1, 0.15) is 12.2 Å². The normalized spacial score (nSPS) is 15.6. The zero-order valence-electron chi connectivity index (χ0n) is 9.43. The van der Waals surface area contributed by atoms with Crippen molar-refractivity contribution in [3.05, 3.63) is 11.8 Å². The van der Waals surface area contributed by atoms with E-state index in [-0.39, 0.29) is 12.5 Å². The first-order valence-corrected chi connectivity index (χ1v) is 5.30. The molecule has 1 aromatic heterocycles. The number of hydrogen-bond acceptors (Lipinski definition) is 5. The van der Waals surface area contributed by atoms with E-state index in [1.165, 1.54) is 4.90 Å². The van der Waals surface area contributed by atoms with Crippen molar-refractivity contribution in [1.29, 1.82) is 0 Å². The molecule has 17 heavy (non-hydrogen) atoms. The van der Waals surface area contributed by atoms with Crippen LogP contribution in [-0.4, -0.2) is 41.8 Å². The van der Waals surface area contributed by atoms with Crippen LogP contribution >= 0.6 is 0 Å². The minimum Gasteiger partial charge on any atom is -0.449 e. The lowest BCUT2D eigenvalue weighted by Crippen LogP contribution is -2.42. The molecule has 0 aliphatic carbocycles. The summed E-state index contributed by atoms with van der Waals surface area (Å²) in [6, 6.07) is 1.60. The second kappa shape index (κ2) is 4.86. The van der Waals surface area contributed by atoms with Gasteiger partial charge in [-0.3, -0.25) is 9.69 Å². The Labute approximate surface area is 97.7 Å². The Hall–Kier alpha value is -2.05. The maximum Gasteiger partial charge on any atom is 0.410 e. The number of rotatable bonds is 3. The molecule has 2 rings (SSSR count). The van der Waals surface area contributed by atoms with E-state index in [9.17, 15) is 9.59 Å².